The standard InChI is InChI=1S/C32H33F2N5O5S/c1-19-25-13-21(22-14-27(31(43-2)35-17-22)38-45(41,42)29-8-7-23(33)16-26(29)34)15-28(30(25)37-18-36-19)44-24-9-11-39(12-10-24)32(40)20-5-3-4-6-20/h7-8,13-18,20,24,38H,3-6,9-12H2,1-2H3. The highest BCUT2D eigenvalue weighted by Gasteiger charge is 2.31. The number of anilines is 1. The molecule has 0 bridgehead atoms. The van der Waals surface area contributed by atoms with Gasteiger partial charge in [0.05, 0.1) is 7.11 Å². The Hall–Kier alpha value is -4.39. The first kappa shape index (κ1) is 30.6. The molecule has 3 heterocycles. The largest absolute Gasteiger partial charge is 0.488 e. The molecule has 1 aliphatic heterocycles. The molecule has 0 atom stereocenters. The van der Waals surface area contributed by atoms with Gasteiger partial charge in [0.2, 0.25) is 11.8 Å². The summed E-state index contributed by atoms with van der Waals surface area (Å²) in [5, 5.41) is 0.741. The van der Waals surface area contributed by atoms with E-state index in [-0.39, 0.29) is 29.5 Å². The van der Waals surface area contributed by atoms with Gasteiger partial charge in [-0.25, -0.2) is 32.2 Å². The van der Waals surface area contributed by atoms with Gasteiger partial charge in [0.25, 0.3) is 10.0 Å². The van der Waals surface area contributed by atoms with Crippen molar-refractivity contribution in [3.63, 3.8) is 0 Å². The van der Waals surface area contributed by atoms with Crippen LogP contribution < -0.4 is 14.2 Å². The molecule has 0 spiro atoms. The Morgan fingerprint density at radius 3 is 2.44 bits per heavy atom. The average Bonchev–Trinajstić information content (AvgIpc) is 3.56. The molecular formula is C32H33F2N5O5S. The van der Waals surface area contributed by atoms with E-state index in [1.54, 1.807) is 0 Å². The van der Waals surface area contributed by atoms with Crippen molar-refractivity contribution in [1.82, 2.24) is 19.9 Å². The van der Waals surface area contributed by atoms with E-state index in [1.165, 1.54) is 25.7 Å². The van der Waals surface area contributed by atoms with Crippen LogP contribution in [0.25, 0.3) is 22.0 Å². The Bertz CT molecular complexity index is 1860. The lowest BCUT2D eigenvalue weighted by Gasteiger charge is -2.34. The number of rotatable bonds is 8. The van der Waals surface area contributed by atoms with E-state index in [9.17, 15) is 22.0 Å². The number of halogens is 2. The molecule has 6 rings (SSSR count). The van der Waals surface area contributed by atoms with Crippen molar-refractivity contribution in [3.8, 4) is 22.8 Å². The van der Waals surface area contributed by atoms with E-state index < -0.39 is 26.6 Å². The zero-order valence-electron chi connectivity index (χ0n) is 24.9. The molecule has 1 N–H and O–H groups in total. The van der Waals surface area contributed by atoms with Crippen LogP contribution in [0.15, 0.2) is 53.8 Å². The van der Waals surface area contributed by atoms with Crippen LogP contribution in [0.1, 0.15) is 44.2 Å². The first-order valence-electron chi connectivity index (χ1n) is 14.9. The maximum absolute atomic E-state index is 14.4. The number of benzene rings is 2. The summed E-state index contributed by atoms with van der Waals surface area (Å²) in [4.78, 5) is 27.3. The second-order valence-corrected chi connectivity index (χ2v) is 13.1. The van der Waals surface area contributed by atoms with E-state index in [0.29, 0.717) is 54.4 Å². The normalized spacial score (nSPS) is 16.2. The van der Waals surface area contributed by atoms with Gasteiger partial charge < -0.3 is 14.4 Å². The molecule has 45 heavy (non-hydrogen) atoms. The van der Waals surface area contributed by atoms with Gasteiger partial charge >= 0.3 is 0 Å². The van der Waals surface area contributed by atoms with Crippen LogP contribution in [-0.4, -0.2) is 60.5 Å². The van der Waals surface area contributed by atoms with Crippen molar-refractivity contribution < 1.29 is 31.5 Å². The topological polar surface area (TPSA) is 124 Å². The smallest absolute Gasteiger partial charge is 0.264 e. The summed E-state index contributed by atoms with van der Waals surface area (Å²) in [5.74, 6) is -1.25. The van der Waals surface area contributed by atoms with Gasteiger partial charge in [-0.05, 0) is 55.7 Å². The number of sulfonamides is 1. The average molecular weight is 638 g/mol. The predicted octanol–water partition coefficient (Wildman–Crippen LogP) is 5.65. The van der Waals surface area contributed by atoms with Gasteiger partial charge in [-0.3, -0.25) is 9.52 Å². The molecule has 0 unspecified atom stereocenters. The molecule has 2 aromatic heterocycles. The number of ether oxygens (including phenoxy) is 2. The number of amides is 1. The molecule has 1 saturated carbocycles. The molecule has 1 saturated heterocycles. The summed E-state index contributed by atoms with van der Waals surface area (Å²) in [6.07, 6.45) is 8.41. The molecule has 2 aliphatic rings. The fraction of sp³-hybridized carbons (Fsp3) is 0.375. The number of pyridine rings is 1. The molecule has 1 amide bonds. The van der Waals surface area contributed by atoms with Crippen LogP contribution in [0.5, 0.6) is 11.6 Å². The minimum atomic E-state index is -4.46. The van der Waals surface area contributed by atoms with Gasteiger partial charge in [0.1, 0.15) is 45.9 Å². The van der Waals surface area contributed by atoms with Crippen LogP contribution >= 0.6 is 0 Å². The highest BCUT2D eigenvalue weighted by molar-refractivity contribution is 7.92. The number of carbonyl (C=O) groups is 1. The highest BCUT2D eigenvalue weighted by atomic mass is 32.2. The van der Waals surface area contributed by atoms with E-state index in [2.05, 4.69) is 19.7 Å². The number of hydrogen-bond donors (Lipinski definition) is 1. The molecule has 2 fully saturated rings. The lowest BCUT2D eigenvalue weighted by molar-refractivity contribution is -0.137. The minimum absolute atomic E-state index is 0.0402. The molecule has 1 aliphatic carbocycles. The van der Waals surface area contributed by atoms with Crippen molar-refractivity contribution in [2.75, 3.05) is 24.9 Å². The molecule has 4 aromatic rings. The third-order valence-corrected chi connectivity index (χ3v) is 9.86. The summed E-state index contributed by atoms with van der Waals surface area (Å²) in [6, 6.07) is 7.40. The van der Waals surface area contributed by atoms with Crippen molar-refractivity contribution >= 4 is 32.5 Å². The maximum atomic E-state index is 14.4. The molecule has 13 heteroatoms. The first-order chi connectivity index (χ1) is 21.6. The summed E-state index contributed by atoms with van der Waals surface area (Å²) >= 11 is 0. The van der Waals surface area contributed by atoms with Crippen LogP contribution in [0.4, 0.5) is 14.5 Å². The van der Waals surface area contributed by atoms with Crippen LogP contribution in [0.3, 0.4) is 0 Å². The third kappa shape index (κ3) is 6.39. The fourth-order valence-corrected chi connectivity index (χ4v) is 7.17. The van der Waals surface area contributed by atoms with Gasteiger partial charge in [-0.2, -0.15) is 0 Å². The van der Waals surface area contributed by atoms with Crippen LogP contribution in [0.2, 0.25) is 0 Å². The second-order valence-electron chi connectivity index (χ2n) is 11.4. The number of aryl methyl sites for hydroxylation is 1. The Morgan fingerprint density at radius 1 is 0.978 bits per heavy atom. The van der Waals surface area contributed by atoms with Gasteiger partial charge in [-0.1, -0.05) is 12.8 Å². The first-order valence-corrected chi connectivity index (χ1v) is 16.3. The summed E-state index contributed by atoms with van der Waals surface area (Å²) in [7, 11) is -3.13. The van der Waals surface area contributed by atoms with E-state index in [0.717, 1.165) is 48.9 Å². The maximum Gasteiger partial charge on any atom is 0.264 e. The lowest BCUT2D eigenvalue weighted by atomic mass is 10.0. The number of aromatic nitrogens is 3. The lowest BCUT2D eigenvalue weighted by Crippen LogP contribution is -2.44. The Kier molecular flexibility index (Phi) is 8.54. The third-order valence-electron chi connectivity index (χ3n) is 8.46. The van der Waals surface area contributed by atoms with E-state index in [1.807, 2.05) is 24.0 Å². The highest BCUT2D eigenvalue weighted by Crippen LogP contribution is 2.37. The molecular weight excluding hydrogens is 604 g/mol. The second kappa shape index (κ2) is 12.5. The number of methoxy groups -OCH3 is 1. The SMILES string of the molecule is COc1ncc(-c2cc(OC3CCN(C(=O)C4CCCC4)CC3)c3ncnc(C)c3c2)cc1NS(=O)(=O)c1ccc(F)cc1F. The van der Waals surface area contributed by atoms with E-state index >= 15 is 0 Å². The number of piperidine rings is 1. The number of carbonyl (C=O) groups excluding carboxylic acids is 1. The summed E-state index contributed by atoms with van der Waals surface area (Å²) in [6.45, 7) is 3.12. The van der Waals surface area contributed by atoms with Gasteiger partial charge in [0.15, 0.2) is 0 Å². The summed E-state index contributed by atoms with van der Waals surface area (Å²) in [5.41, 5.74) is 2.47. The number of nitrogens with zero attached hydrogens (tertiary/aromatic N) is 4. The van der Waals surface area contributed by atoms with Crippen molar-refractivity contribution in [3.05, 3.63) is 66.3 Å². The number of fused-ring (bicyclic) bond motifs is 1. The predicted molar refractivity (Wildman–Crippen MR) is 163 cm³/mol. The van der Waals surface area contributed by atoms with Gasteiger partial charge in [0, 0.05) is 60.8 Å². The summed E-state index contributed by atoms with van der Waals surface area (Å²) < 4.78 is 68.1. The van der Waals surface area contributed by atoms with E-state index in [4.69, 9.17) is 9.47 Å². The zero-order chi connectivity index (χ0) is 31.7. The fourth-order valence-electron chi connectivity index (χ4n) is 6.06. The minimum Gasteiger partial charge on any atom is -0.488 e. The number of nitrogens with one attached hydrogen (secondary N) is 1. The molecule has 2 aromatic carbocycles. The van der Waals surface area contributed by atoms with Crippen molar-refractivity contribution in [2.24, 2.45) is 5.92 Å². The van der Waals surface area contributed by atoms with Crippen molar-refractivity contribution in [2.45, 2.75) is 56.4 Å². The molecule has 236 valence electrons. The molecule has 10 nitrogen and oxygen atoms in total. The van der Waals surface area contributed by atoms with Crippen molar-refractivity contribution in [1.29, 1.82) is 0 Å². The number of hydrogen-bond acceptors (Lipinski definition) is 8. The Morgan fingerprint density at radius 2 is 1.73 bits per heavy atom. The van der Waals surface area contributed by atoms with Crippen LogP contribution in [0, 0.1) is 24.5 Å². The number of likely N-dealkylation sites (tertiary alicyclic amines) is 1. The Labute approximate surface area is 259 Å². The monoisotopic (exact) mass is 637 g/mol. The van der Waals surface area contributed by atoms with Crippen LogP contribution in [-0.2, 0) is 14.8 Å². The molecule has 0 radical (unpaired) electrons. The zero-order valence-corrected chi connectivity index (χ0v) is 25.7. The quantitative estimate of drug-likeness (QED) is 0.263. The van der Waals surface area contributed by atoms with Gasteiger partial charge in [-0.15, -0.1) is 0 Å². The Balaban J connectivity index is 1.29.